The minimum atomic E-state index is -1.02. The molecule has 1 aliphatic carbocycles. The Morgan fingerprint density at radius 3 is 2.53 bits per heavy atom. The lowest BCUT2D eigenvalue weighted by atomic mass is 10.1. The van der Waals surface area contributed by atoms with Crippen LogP contribution in [0.3, 0.4) is 0 Å². The van der Waals surface area contributed by atoms with Crippen LogP contribution in [0.5, 0.6) is 0 Å². The van der Waals surface area contributed by atoms with Gasteiger partial charge in [0.25, 0.3) is 0 Å². The molecule has 0 aliphatic heterocycles. The Morgan fingerprint density at radius 1 is 1.40 bits per heavy atom. The largest absolute Gasteiger partial charge is 0.480 e. The van der Waals surface area contributed by atoms with Gasteiger partial charge in [-0.25, -0.2) is 4.79 Å². The first-order chi connectivity index (χ1) is 6.99. The van der Waals surface area contributed by atoms with Crippen molar-refractivity contribution in [1.82, 2.24) is 10.6 Å². The lowest BCUT2D eigenvalue weighted by molar-refractivity contribution is -0.138. The summed E-state index contributed by atoms with van der Waals surface area (Å²) in [4.78, 5) is 21.8. The van der Waals surface area contributed by atoms with Crippen LogP contribution in [-0.4, -0.2) is 29.2 Å². The van der Waals surface area contributed by atoms with Crippen molar-refractivity contribution in [3.63, 3.8) is 0 Å². The summed E-state index contributed by atoms with van der Waals surface area (Å²) >= 11 is 0. The fraction of sp³-hybridized carbons (Fsp3) is 0.800. The van der Waals surface area contributed by atoms with Crippen LogP contribution in [0.15, 0.2) is 0 Å². The van der Waals surface area contributed by atoms with E-state index < -0.39 is 12.0 Å². The van der Waals surface area contributed by atoms with Crippen molar-refractivity contribution in [2.24, 2.45) is 5.92 Å². The quantitative estimate of drug-likeness (QED) is 0.654. The molecule has 3 N–H and O–H groups in total. The molecule has 0 spiro atoms. The smallest absolute Gasteiger partial charge is 0.325 e. The number of hydrogen-bond acceptors (Lipinski definition) is 2. The molecular weight excluding hydrogens is 196 g/mol. The lowest BCUT2D eigenvalue weighted by Crippen LogP contribution is -2.47. The van der Waals surface area contributed by atoms with E-state index in [0.29, 0.717) is 5.92 Å². The van der Waals surface area contributed by atoms with Crippen molar-refractivity contribution in [3.05, 3.63) is 0 Å². The standard InChI is InChI=1S/C10H18N2O3/c1-6-3-4-8(5-6)12-10(15)11-7(2)9(13)14/h6-8H,3-5H2,1-2H3,(H,13,14)(H2,11,12,15)/t6?,7-,8?/m0/s1. The number of carboxylic acid groups (broad SMARTS) is 1. The van der Waals surface area contributed by atoms with Crippen LogP contribution in [0.2, 0.25) is 0 Å². The molecule has 0 aromatic carbocycles. The van der Waals surface area contributed by atoms with Crippen LogP contribution >= 0.6 is 0 Å². The van der Waals surface area contributed by atoms with E-state index in [4.69, 9.17) is 5.11 Å². The number of aliphatic carboxylic acids is 1. The fourth-order valence-electron chi connectivity index (χ4n) is 1.82. The third-order valence-electron chi connectivity index (χ3n) is 2.75. The molecule has 2 amide bonds. The van der Waals surface area contributed by atoms with Crippen molar-refractivity contribution in [1.29, 1.82) is 0 Å². The van der Waals surface area contributed by atoms with Gasteiger partial charge in [0, 0.05) is 6.04 Å². The highest BCUT2D eigenvalue weighted by Gasteiger charge is 2.23. The lowest BCUT2D eigenvalue weighted by Gasteiger charge is -2.15. The van der Waals surface area contributed by atoms with Crippen LogP contribution in [0.1, 0.15) is 33.1 Å². The zero-order valence-electron chi connectivity index (χ0n) is 9.12. The predicted octanol–water partition coefficient (Wildman–Crippen LogP) is 0.947. The maximum absolute atomic E-state index is 11.3. The third kappa shape index (κ3) is 3.77. The van der Waals surface area contributed by atoms with Gasteiger partial charge in [-0.15, -0.1) is 0 Å². The van der Waals surface area contributed by atoms with Gasteiger partial charge < -0.3 is 15.7 Å². The molecule has 0 heterocycles. The van der Waals surface area contributed by atoms with Gasteiger partial charge in [-0.1, -0.05) is 6.92 Å². The molecule has 15 heavy (non-hydrogen) atoms. The summed E-state index contributed by atoms with van der Waals surface area (Å²) in [7, 11) is 0. The summed E-state index contributed by atoms with van der Waals surface area (Å²) in [6.45, 7) is 3.60. The predicted molar refractivity (Wildman–Crippen MR) is 55.6 cm³/mol. The molecule has 1 aliphatic rings. The normalized spacial score (nSPS) is 27.1. The van der Waals surface area contributed by atoms with Crippen molar-refractivity contribution in [2.75, 3.05) is 0 Å². The molecule has 0 aromatic heterocycles. The number of urea groups is 1. The minimum absolute atomic E-state index is 0.195. The Bertz CT molecular complexity index is 255. The Kier molecular flexibility index (Phi) is 3.94. The Labute approximate surface area is 89.2 Å². The maximum atomic E-state index is 11.3. The first-order valence-electron chi connectivity index (χ1n) is 5.29. The van der Waals surface area contributed by atoms with Crippen LogP contribution < -0.4 is 10.6 Å². The van der Waals surface area contributed by atoms with Gasteiger partial charge >= 0.3 is 12.0 Å². The number of hydrogen-bond donors (Lipinski definition) is 3. The van der Waals surface area contributed by atoms with Crippen LogP contribution in [0.4, 0.5) is 4.79 Å². The van der Waals surface area contributed by atoms with Gasteiger partial charge in [0.1, 0.15) is 6.04 Å². The molecule has 0 saturated heterocycles. The number of amides is 2. The van der Waals surface area contributed by atoms with Crippen LogP contribution in [0, 0.1) is 5.92 Å². The number of rotatable bonds is 3. The highest BCUT2D eigenvalue weighted by molar-refractivity contribution is 5.82. The summed E-state index contributed by atoms with van der Waals surface area (Å²) < 4.78 is 0. The van der Waals surface area contributed by atoms with Gasteiger partial charge in [0.15, 0.2) is 0 Å². The molecule has 5 nitrogen and oxygen atoms in total. The van der Waals surface area contributed by atoms with Crippen molar-refractivity contribution >= 4 is 12.0 Å². The second-order valence-electron chi connectivity index (χ2n) is 4.29. The number of carboxylic acids is 1. The molecule has 5 heteroatoms. The van der Waals surface area contributed by atoms with Gasteiger partial charge in [-0.05, 0) is 32.1 Å². The van der Waals surface area contributed by atoms with E-state index in [1.807, 2.05) is 0 Å². The van der Waals surface area contributed by atoms with Crippen molar-refractivity contribution in [2.45, 2.75) is 45.2 Å². The van der Waals surface area contributed by atoms with Gasteiger partial charge in [0.2, 0.25) is 0 Å². The number of nitrogens with one attached hydrogen (secondary N) is 2. The SMILES string of the molecule is CC1CCC(NC(=O)N[C@@H](C)C(=O)O)C1. The molecule has 0 bridgehead atoms. The van der Waals surface area contributed by atoms with Crippen molar-refractivity contribution in [3.8, 4) is 0 Å². The Morgan fingerprint density at radius 2 is 2.07 bits per heavy atom. The van der Waals surface area contributed by atoms with E-state index in [1.54, 1.807) is 0 Å². The average Bonchev–Trinajstić information content (AvgIpc) is 2.50. The second kappa shape index (κ2) is 5.00. The second-order valence-corrected chi connectivity index (χ2v) is 4.29. The summed E-state index contributed by atoms with van der Waals surface area (Å²) in [5.41, 5.74) is 0. The van der Waals surface area contributed by atoms with E-state index in [1.165, 1.54) is 6.92 Å². The van der Waals surface area contributed by atoms with Gasteiger partial charge in [-0.3, -0.25) is 4.79 Å². The highest BCUT2D eigenvalue weighted by Crippen LogP contribution is 2.24. The maximum Gasteiger partial charge on any atom is 0.325 e. The Hall–Kier alpha value is -1.26. The molecule has 0 aromatic rings. The fourth-order valence-corrected chi connectivity index (χ4v) is 1.82. The first-order valence-corrected chi connectivity index (χ1v) is 5.29. The summed E-state index contributed by atoms with van der Waals surface area (Å²) in [6.07, 6.45) is 3.09. The monoisotopic (exact) mass is 214 g/mol. The van der Waals surface area contributed by atoms with E-state index >= 15 is 0 Å². The van der Waals surface area contributed by atoms with Crippen LogP contribution in [0.25, 0.3) is 0 Å². The molecule has 1 rings (SSSR count). The molecule has 2 unspecified atom stereocenters. The molecule has 1 saturated carbocycles. The van der Waals surface area contributed by atoms with Crippen molar-refractivity contribution < 1.29 is 14.7 Å². The molecule has 0 radical (unpaired) electrons. The van der Waals surface area contributed by atoms with Crippen LogP contribution in [-0.2, 0) is 4.79 Å². The summed E-state index contributed by atoms with van der Waals surface area (Å²) in [5.74, 6) is -0.378. The zero-order chi connectivity index (χ0) is 11.4. The third-order valence-corrected chi connectivity index (χ3v) is 2.75. The summed E-state index contributed by atoms with van der Waals surface area (Å²) in [5, 5.41) is 13.7. The highest BCUT2D eigenvalue weighted by atomic mass is 16.4. The minimum Gasteiger partial charge on any atom is -0.480 e. The van der Waals surface area contributed by atoms with E-state index in [-0.39, 0.29) is 12.1 Å². The number of carbonyl (C=O) groups excluding carboxylic acids is 1. The molecule has 1 fully saturated rings. The molecule has 3 atom stereocenters. The number of carbonyl (C=O) groups is 2. The van der Waals surface area contributed by atoms with Gasteiger partial charge in [-0.2, -0.15) is 0 Å². The summed E-state index contributed by atoms with van der Waals surface area (Å²) in [6, 6.07) is -1.03. The van der Waals surface area contributed by atoms with Gasteiger partial charge in [0.05, 0.1) is 0 Å². The molecule has 86 valence electrons. The molecular formula is C10H18N2O3. The first kappa shape index (κ1) is 11.8. The topological polar surface area (TPSA) is 78.4 Å². The van der Waals surface area contributed by atoms with E-state index in [9.17, 15) is 9.59 Å². The zero-order valence-corrected chi connectivity index (χ0v) is 9.12. The van der Waals surface area contributed by atoms with E-state index in [0.717, 1.165) is 19.3 Å². The average molecular weight is 214 g/mol. The Balaban J connectivity index is 2.27. The van der Waals surface area contributed by atoms with E-state index in [2.05, 4.69) is 17.6 Å².